The van der Waals surface area contributed by atoms with Crippen molar-refractivity contribution in [3.05, 3.63) is 29.6 Å². The third-order valence-electron chi connectivity index (χ3n) is 3.45. The Labute approximate surface area is 118 Å². The van der Waals surface area contributed by atoms with E-state index in [1.54, 1.807) is 26.4 Å². The number of methoxy groups -OCH3 is 2. The Balaban J connectivity index is 2.02. The molecule has 1 saturated heterocycles. The number of hydrazine groups is 1. The number of nitrogens with one attached hydrogen (secondary N) is 1. The van der Waals surface area contributed by atoms with Crippen LogP contribution in [-0.4, -0.2) is 55.3 Å². The molecule has 1 amide bonds. The third-order valence-corrected chi connectivity index (χ3v) is 3.45. The van der Waals surface area contributed by atoms with Gasteiger partial charge in [0.2, 0.25) is 0 Å². The highest BCUT2D eigenvalue weighted by Gasteiger charge is 2.32. The molecule has 1 fully saturated rings. The number of hydrogen-bond donors (Lipinski definition) is 2. The van der Waals surface area contributed by atoms with Gasteiger partial charge in [0.15, 0.2) is 0 Å². The minimum absolute atomic E-state index is 0.0653. The van der Waals surface area contributed by atoms with E-state index < -0.39 is 5.91 Å². The summed E-state index contributed by atoms with van der Waals surface area (Å²) < 4.78 is 10.8. The maximum absolute atomic E-state index is 11.4. The lowest BCUT2D eigenvalue weighted by Gasteiger charge is -2.14. The second-order valence-corrected chi connectivity index (χ2v) is 4.73. The molecule has 2 rings (SSSR count). The molecule has 0 saturated carbocycles. The zero-order valence-electron chi connectivity index (χ0n) is 11.7. The molecular weight excluding hydrogens is 260 g/mol. The first-order valence-corrected chi connectivity index (χ1v) is 6.42. The Morgan fingerprint density at radius 3 is 2.60 bits per heavy atom. The van der Waals surface area contributed by atoms with E-state index in [1.807, 2.05) is 6.07 Å². The lowest BCUT2D eigenvalue weighted by molar-refractivity contribution is -0.00461. The van der Waals surface area contributed by atoms with Crippen LogP contribution in [0.15, 0.2) is 18.2 Å². The van der Waals surface area contributed by atoms with Crippen LogP contribution in [0.5, 0.6) is 0 Å². The van der Waals surface area contributed by atoms with Crippen molar-refractivity contribution in [2.75, 3.05) is 27.3 Å². The van der Waals surface area contributed by atoms with Crippen LogP contribution < -0.4 is 11.3 Å². The van der Waals surface area contributed by atoms with Crippen molar-refractivity contribution >= 4 is 5.91 Å². The molecule has 1 aliphatic rings. The average Bonchev–Trinajstić information content (AvgIpc) is 2.88. The highest BCUT2D eigenvalue weighted by Crippen LogP contribution is 2.17. The first kappa shape index (κ1) is 14.9. The highest BCUT2D eigenvalue weighted by atomic mass is 16.5. The number of nitrogens with two attached hydrogens (primary N) is 1. The van der Waals surface area contributed by atoms with Crippen LogP contribution in [-0.2, 0) is 16.0 Å². The van der Waals surface area contributed by atoms with Crippen LogP contribution in [0, 0.1) is 0 Å². The second-order valence-electron chi connectivity index (χ2n) is 4.73. The third kappa shape index (κ3) is 3.31. The number of aromatic nitrogens is 1. The quantitative estimate of drug-likeness (QED) is 0.430. The molecule has 1 aromatic heterocycles. The van der Waals surface area contributed by atoms with Gasteiger partial charge in [0.05, 0.1) is 17.9 Å². The maximum Gasteiger partial charge on any atom is 0.283 e. The van der Waals surface area contributed by atoms with Gasteiger partial charge in [-0.25, -0.2) is 10.8 Å². The van der Waals surface area contributed by atoms with Gasteiger partial charge in [-0.3, -0.25) is 15.1 Å². The van der Waals surface area contributed by atoms with Gasteiger partial charge in [0.1, 0.15) is 5.69 Å². The monoisotopic (exact) mass is 280 g/mol. The average molecular weight is 280 g/mol. The van der Waals surface area contributed by atoms with E-state index in [2.05, 4.69) is 15.3 Å². The molecule has 2 atom stereocenters. The number of likely N-dealkylation sites (tertiary alicyclic amines) is 1. The van der Waals surface area contributed by atoms with Crippen LogP contribution in [0.25, 0.3) is 0 Å². The van der Waals surface area contributed by atoms with Gasteiger partial charge >= 0.3 is 0 Å². The molecule has 2 unspecified atom stereocenters. The molecule has 20 heavy (non-hydrogen) atoms. The molecule has 1 aromatic rings. The molecule has 0 bridgehead atoms. The Bertz CT molecular complexity index is 457. The van der Waals surface area contributed by atoms with Crippen molar-refractivity contribution in [3.63, 3.8) is 0 Å². The van der Waals surface area contributed by atoms with Crippen LogP contribution in [0.1, 0.15) is 16.2 Å². The fourth-order valence-electron chi connectivity index (χ4n) is 2.40. The van der Waals surface area contributed by atoms with E-state index in [-0.39, 0.29) is 12.2 Å². The minimum Gasteiger partial charge on any atom is -0.377 e. The van der Waals surface area contributed by atoms with Gasteiger partial charge in [-0.05, 0) is 12.1 Å². The molecule has 0 radical (unpaired) electrons. The first-order chi connectivity index (χ1) is 9.67. The molecular formula is C13H20N4O3. The standard InChI is InChI=1S/C13H20N4O3/c1-19-11-7-17(8-12(11)20-2)6-9-4-3-5-10(15-9)13(18)16-14/h3-5,11-12H,6-8,14H2,1-2H3,(H,16,18). The Hall–Kier alpha value is -1.54. The number of amides is 1. The van der Waals surface area contributed by atoms with Crippen molar-refractivity contribution in [3.8, 4) is 0 Å². The summed E-state index contributed by atoms with van der Waals surface area (Å²) in [5, 5.41) is 0. The predicted octanol–water partition coefficient (Wildman–Crippen LogP) is -0.469. The number of pyridine rings is 1. The van der Waals surface area contributed by atoms with Crippen LogP contribution >= 0.6 is 0 Å². The molecule has 1 aliphatic heterocycles. The fourth-order valence-corrected chi connectivity index (χ4v) is 2.40. The smallest absolute Gasteiger partial charge is 0.283 e. The molecule has 0 aliphatic carbocycles. The highest BCUT2D eigenvalue weighted by molar-refractivity contribution is 5.91. The lowest BCUT2D eigenvalue weighted by Crippen LogP contribution is -2.31. The molecule has 7 heteroatoms. The van der Waals surface area contributed by atoms with Crippen molar-refractivity contribution < 1.29 is 14.3 Å². The van der Waals surface area contributed by atoms with E-state index >= 15 is 0 Å². The molecule has 7 nitrogen and oxygen atoms in total. The Morgan fingerprint density at radius 2 is 2.05 bits per heavy atom. The lowest BCUT2D eigenvalue weighted by atomic mass is 10.3. The zero-order valence-corrected chi connectivity index (χ0v) is 11.7. The van der Waals surface area contributed by atoms with E-state index in [1.165, 1.54) is 0 Å². The van der Waals surface area contributed by atoms with Gasteiger partial charge in [-0.2, -0.15) is 0 Å². The maximum atomic E-state index is 11.4. The topological polar surface area (TPSA) is 89.7 Å². The number of nitrogens with zero attached hydrogens (tertiary/aromatic N) is 2. The van der Waals surface area contributed by atoms with Crippen molar-refractivity contribution in [1.82, 2.24) is 15.3 Å². The van der Waals surface area contributed by atoms with Crippen LogP contribution in [0.3, 0.4) is 0 Å². The number of carbonyl (C=O) groups is 1. The number of carbonyl (C=O) groups excluding carboxylic acids is 1. The number of hydrogen-bond acceptors (Lipinski definition) is 6. The number of rotatable bonds is 5. The molecule has 0 aromatic carbocycles. The molecule has 3 N–H and O–H groups in total. The molecule has 0 spiro atoms. The number of ether oxygens (including phenoxy) is 2. The predicted molar refractivity (Wildman–Crippen MR) is 72.8 cm³/mol. The zero-order chi connectivity index (χ0) is 14.5. The van der Waals surface area contributed by atoms with Gasteiger partial charge in [0.25, 0.3) is 5.91 Å². The Morgan fingerprint density at radius 1 is 1.40 bits per heavy atom. The second kappa shape index (κ2) is 6.76. The SMILES string of the molecule is COC1CN(Cc2cccc(C(=O)NN)n2)CC1OC. The van der Waals surface area contributed by atoms with Gasteiger partial charge in [-0.1, -0.05) is 6.07 Å². The van der Waals surface area contributed by atoms with Gasteiger partial charge in [0, 0.05) is 33.9 Å². The normalized spacial score (nSPS) is 22.9. The molecule has 110 valence electrons. The summed E-state index contributed by atoms with van der Waals surface area (Å²) in [7, 11) is 3.37. The van der Waals surface area contributed by atoms with E-state index in [0.29, 0.717) is 12.2 Å². The summed E-state index contributed by atoms with van der Waals surface area (Å²) in [4.78, 5) is 17.9. The summed E-state index contributed by atoms with van der Waals surface area (Å²) in [5.41, 5.74) is 3.21. The number of nitrogen functional groups attached to an aromatic ring is 1. The fraction of sp³-hybridized carbons (Fsp3) is 0.538. The van der Waals surface area contributed by atoms with Crippen molar-refractivity contribution in [2.24, 2.45) is 5.84 Å². The summed E-state index contributed by atoms with van der Waals surface area (Å²) in [6.45, 7) is 2.21. The van der Waals surface area contributed by atoms with Crippen LogP contribution in [0.4, 0.5) is 0 Å². The van der Waals surface area contributed by atoms with Crippen molar-refractivity contribution in [2.45, 2.75) is 18.8 Å². The van der Waals surface area contributed by atoms with Gasteiger partial charge < -0.3 is 9.47 Å². The van der Waals surface area contributed by atoms with E-state index in [9.17, 15) is 4.79 Å². The van der Waals surface area contributed by atoms with E-state index in [0.717, 1.165) is 18.8 Å². The van der Waals surface area contributed by atoms with Gasteiger partial charge in [-0.15, -0.1) is 0 Å². The van der Waals surface area contributed by atoms with Crippen molar-refractivity contribution in [1.29, 1.82) is 0 Å². The summed E-state index contributed by atoms with van der Waals surface area (Å²) in [6.07, 6.45) is 0.131. The minimum atomic E-state index is -0.391. The molecule has 2 heterocycles. The largest absolute Gasteiger partial charge is 0.377 e. The first-order valence-electron chi connectivity index (χ1n) is 6.42. The summed E-state index contributed by atoms with van der Waals surface area (Å²) >= 11 is 0. The van der Waals surface area contributed by atoms with Crippen LogP contribution in [0.2, 0.25) is 0 Å². The Kier molecular flexibility index (Phi) is 5.02. The summed E-state index contributed by atoms with van der Waals surface area (Å²) in [6, 6.07) is 5.31. The summed E-state index contributed by atoms with van der Waals surface area (Å²) in [5.74, 6) is 4.72. The van der Waals surface area contributed by atoms with E-state index in [4.69, 9.17) is 15.3 Å².